The van der Waals surface area contributed by atoms with Crippen LogP contribution < -0.4 is 5.32 Å². The summed E-state index contributed by atoms with van der Waals surface area (Å²) in [5.74, 6) is -0.149. The minimum Gasteiger partial charge on any atom is -0.344 e. The fourth-order valence-electron chi connectivity index (χ4n) is 1.75. The summed E-state index contributed by atoms with van der Waals surface area (Å²) in [7, 11) is 1.79. The van der Waals surface area contributed by atoms with Crippen molar-refractivity contribution in [3.63, 3.8) is 0 Å². The summed E-state index contributed by atoms with van der Waals surface area (Å²) in [6.45, 7) is 4.01. The van der Waals surface area contributed by atoms with E-state index in [-0.39, 0.29) is 11.9 Å². The number of carbonyl (C=O) groups is 1. The molecule has 1 aromatic heterocycles. The third kappa shape index (κ3) is 2.77. The standard InChI is InChI=1S/C14H17N3O/c1-10-4-6-12(7-5-10)11(2)15-14(18)13-8-9-17(3)16-13/h4-9,11H,1-3H3,(H,15,18). The minimum atomic E-state index is -0.149. The Kier molecular flexibility index (Phi) is 3.46. The van der Waals surface area contributed by atoms with Crippen LogP contribution in [-0.2, 0) is 7.05 Å². The fourth-order valence-corrected chi connectivity index (χ4v) is 1.75. The topological polar surface area (TPSA) is 46.9 Å². The van der Waals surface area contributed by atoms with Crippen LogP contribution in [0.2, 0.25) is 0 Å². The number of amides is 1. The van der Waals surface area contributed by atoms with Crippen molar-refractivity contribution in [2.75, 3.05) is 0 Å². The predicted molar refractivity (Wildman–Crippen MR) is 70.3 cm³/mol. The van der Waals surface area contributed by atoms with E-state index in [2.05, 4.69) is 10.4 Å². The number of carbonyl (C=O) groups excluding carboxylic acids is 1. The van der Waals surface area contributed by atoms with Gasteiger partial charge < -0.3 is 5.32 Å². The Morgan fingerprint density at radius 3 is 2.50 bits per heavy atom. The van der Waals surface area contributed by atoms with Gasteiger partial charge in [-0.3, -0.25) is 9.48 Å². The molecule has 94 valence electrons. The quantitative estimate of drug-likeness (QED) is 0.898. The van der Waals surface area contributed by atoms with E-state index >= 15 is 0 Å². The van der Waals surface area contributed by atoms with Crippen LogP contribution in [0, 0.1) is 6.92 Å². The zero-order valence-electron chi connectivity index (χ0n) is 10.8. The molecule has 0 aliphatic rings. The van der Waals surface area contributed by atoms with Crippen LogP contribution >= 0.6 is 0 Å². The summed E-state index contributed by atoms with van der Waals surface area (Å²) in [4.78, 5) is 11.9. The van der Waals surface area contributed by atoms with Crippen LogP contribution in [-0.4, -0.2) is 15.7 Å². The molecule has 1 N–H and O–H groups in total. The molecule has 0 aliphatic carbocycles. The minimum absolute atomic E-state index is 0.0277. The number of hydrogen-bond acceptors (Lipinski definition) is 2. The Labute approximate surface area is 107 Å². The average molecular weight is 243 g/mol. The van der Waals surface area contributed by atoms with Crippen molar-refractivity contribution in [2.24, 2.45) is 7.05 Å². The molecule has 0 aliphatic heterocycles. The van der Waals surface area contributed by atoms with Crippen molar-refractivity contribution >= 4 is 5.91 Å². The van der Waals surface area contributed by atoms with Gasteiger partial charge in [-0.2, -0.15) is 5.10 Å². The van der Waals surface area contributed by atoms with Crippen molar-refractivity contribution in [1.82, 2.24) is 15.1 Å². The van der Waals surface area contributed by atoms with E-state index in [9.17, 15) is 4.79 Å². The lowest BCUT2D eigenvalue weighted by Crippen LogP contribution is -2.27. The van der Waals surface area contributed by atoms with Gasteiger partial charge in [0.15, 0.2) is 0 Å². The van der Waals surface area contributed by atoms with Crippen LogP contribution in [0.3, 0.4) is 0 Å². The largest absolute Gasteiger partial charge is 0.344 e. The van der Waals surface area contributed by atoms with Crippen LogP contribution in [0.5, 0.6) is 0 Å². The SMILES string of the molecule is Cc1ccc(C(C)NC(=O)c2ccn(C)n2)cc1. The van der Waals surface area contributed by atoms with Crippen LogP contribution in [0.15, 0.2) is 36.5 Å². The van der Waals surface area contributed by atoms with Gasteiger partial charge in [0.2, 0.25) is 0 Å². The molecule has 0 spiro atoms. The first-order chi connectivity index (χ1) is 8.56. The highest BCUT2D eigenvalue weighted by Crippen LogP contribution is 2.13. The number of rotatable bonds is 3. The Hall–Kier alpha value is -2.10. The molecular formula is C14H17N3O. The summed E-state index contributed by atoms with van der Waals surface area (Å²) in [5, 5.41) is 7.01. The van der Waals surface area contributed by atoms with E-state index < -0.39 is 0 Å². The van der Waals surface area contributed by atoms with Gasteiger partial charge in [0.1, 0.15) is 5.69 Å². The monoisotopic (exact) mass is 243 g/mol. The fraction of sp³-hybridized carbons (Fsp3) is 0.286. The van der Waals surface area contributed by atoms with Gasteiger partial charge in [-0.25, -0.2) is 0 Å². The third-order valence-corrected chi connectivity index (χ3v) is 2.87. The maximum absolute atomic E-state index is 11.9. The van der Waals surface area contributed by atoms with E-state index in [1.54, 1.807) is 24.0 Å². The number of nitrogens with one attached hydrogen (secondary N) is 1. The zero-order chi connectivity index (χ0) is 13.1. The highest BCUT2D eigenvalue weighted by molar-refractivity contribution is 5.92. The van der Waals surface area contributed by atoms with E-state index in [4.69, 9.17) is 0 Å². The van der Waals surface area contributed by atoms with E-state index in [0.717, 1.165) is 5.56 Å². The summed E-state index contributed by atoms with van der Waals surface area (Å²) in [6.07, 6.45) is 1.76. The Morgan fingerprint density at radius 2 is 1.94 bits per heavy atom. The molecule has 1 unspecified atom stereocenters. The second-order valence-electron chi connectivity index (χ2n) is 4.48. The molecule has 4 heteroatoms. The molecule has 18 heavy (non-hydrogen) atoms. The lowest BCUT2D eigenvalue weighted by Gasteiger charge is -2.13. The molecule has 1 atom stereocenters. The van der Waals surface area contributed by atoms with E-state index in [1.165, 1.54) is 5.56 Å². The van der Waals surface area contributed by atoms with E-state index in [1.807, 2.05) is 38.1 Å². The van der Waals surface area contributed by atoms with Gasteiger partial charge in [0.05, 0.1) is 6.04 Å². The van der Waals surface area contributed by atoms with Crippen LogP contribution in [0.25, 0.3) is 0 Å². The number of hydrogen-bond donors (Lipinski definition) is 1. The first kappa shape index (κ1) is 12.4. The number of aryl methyl sites for hydroxylation is 2. The first-order valence-electron chi connectivity index (χ1n) is 5.93. The second kappa shape index (κ2) is 5.04. The van der Waals surface area contributed by atoms with Crippen molar-refractivity contribution in [1.29, 1.82) is 0 Å². The summed E-state index contributed by atoms with van der Waals surface area (Å²) in [5.41, 5.74) is 2.74. The first-order valence-corrected chi connectivity index (χ1v) is 5.93. The second-order valence-corrected chi connectivity index (χ2v) is 4.48. The van der Waals surface area contributed by atoms with E-state index in [0.29, 0.717) is 5.69 Å². The van der Waals surface area contributed by atoms with Gasteiger partial charge in [-0.05, 0) is 25.5 Å². The molecule has 1 amide bonds. The van der Waals surface area contributed by atoms with Gasteiger partial charge in [0, 0.05) is 13.2 Å². The molecule has 1 heterocycles. The molecule has 2 rings (SSSR count). The Balaban J connectivity index is 2.05. The molecular weight excluding hydrogens is 226 g/mol. The predicted octanol–water partition coefficient (Wildman–Crippen LogP) is 2.22. The zero-order valence-corrected chi connectivity index (χ0v) is 10.8. The molecule has 1 aromatic carbocycles. The summed E-state index contributed by atoms with van der Waals surface area (Å²) >= 11 is 0. The number of nitrogens with zero attached hydrogens (tertiary/aromatic N) is 2. The van der Waals surface area contributed by atoms with Crippen LogP contribution in [0.4, 0.5) is 0 Å². The smallest absolute Gasteiger partial charge is 0.272 e. The van der Waals surface area contributed by atoms with Gasteiger partial charge in [-0.15, -0.1) is 0 Å². The normalized spacial score (nSPS) is 12.2. The van der Waals surface area contributed by atoms with Crippen molar-refractivity contribution in [3.05, 3.63) is 53.3 Å². The summed E-state index contributed by atoms with van der Waals surface area (Å²) < 4.78 is 1.62. The molecule has 0 saturated heterocycles. The maximum atomic E-state index is 11.9. The maximum Gasteiger partial charge on any atom is 0.272 e. The molecule has 0 radical (unpaired) electrons. The highest BCUT2D eigenvalue weighted by Gasteiger charge is 2.13. The molecule has 4 nitrogen and oxygen atoms in total. The average Bonchev–Trinajstić information content (AvgIpc) is 2.76. The molecule has 0 bridgehead atoms. The highest BCUT2D eigenvalue weighted by atomic mass is 16.2. The van der Waals surface area contributed by atoms with Crippen molar-refractivity contribution in [3.8, 4) is 0 Å². The van der Waals surface area contributed by atoms with Gasteiger partial charge >= 0.3 is 0 Å². The van der Waals surface area contributed by atoms with Gasteiger partial charge in [0.25, 0.3) is 5.91 Å². The van der Waals surface area contributed by atoms with Crippen LogP contribution in [0.1, 0.15) is 34.6 Å². The number of benzene rings is 1. The molecule has 0 saturated carbocycles. The Morgan fingerprint density at radius 1 is 1.28 bits per heavy atom. The lowest BCUT2D eigenvalue weighted by molar-refractivity contribution is 0.0934. The van der Waals surface area contributed by atoms with Crippen molar-refractivity contribution < 1.29 is 4.79 Å². The van der Waals surface area contributed by atoms with Gasteiger partial charge in [-0.1, -0.05) is 29.8 Å². The summed E-state index contributed by atoms with van der Waals surface area (Å²) in [6, 6.07) is 9.81. The Bertz CT molecular complexity index is 542. The molecule has 0 fully saturated rings. The molecule has 2 aromatic rings. The number of aromatic nitrogens is 2. The van der Waals surface area contributed by atoms with Crippen molar-refractivity contribution in [2.45, 2.75) is 19.9 Å². The third-order valence-electron chi connectivity index (χ3n) is 2.87. The lowest BCUT2D eigenvalue weighted by atomic mass is 10.1.